The van der Waals surface area contributed by atoms with Crippen LogP contribution < -0.4 is 10.1 Å². The van der Waals surface area contributed by atoms with E-state index in [9.17, 15) is 4.79 Å². The number of H-pyrrole nitrogens is 1. The number of para-hydroxylation sites is 1. The average Bonchev–Trinajstić information content (AvgIpc) is 3.37. The number of amides is 1. The van der Waals surface area contributed by atoms with E-state index >= 15 is 0 Å². The lowest BCUT2D eigenvalue weighted by atomic mass is 10.1. The number of ether oxygens (including phenoxy) is 1. The fourth-order valence-electron chi connectivity index (χ4n) is 2.77. The monoisotopic (exact) mass is 322 g/mol. The quantitative estimate of drug-likeness (QED) is 0.757. The number of aromatic amines is 1. The average molecular weight is 322 g/mol. The fourth-order valence-corrected chi connectivity index (χ4v) is 2.77. The zero-order chi connectivity index (χ0) is 16.5. The van der Waals surface area contributed by atoms with Gasteiger partial charge in [0.2, 0.25) is 5.88 Å². The van der Waals surface area contributed by atoms with Gasteiger partial charge < -0.3 is 10.1 Å². The van der Waals surface area contributed by atoms with E-state index in [-0.39, 0.29) is 5.91 Å². The molecule has 0 unspecified atom stereocenters. The van der Waals surface area contributed by atoms with Crippen LogP contribution in [0.5, 0.6) is 5.88 Å². The van der Waals surface area contributed by atoms with E-state index < -0.39 is 0 Å². The number of carbonyl (C=O) groups excluding carboxylic acids is 1. The summed E-state index contributed by atoms with van der Waals surface area (Å²) in [6, 6.07) is 11.2. The Morgan fingerprint density at radius 1 is 1.33 bits per heavy atom. The second-order valence-corrected chi connectivity index (χ2v) is 6.00. The first kappa shape index (κ1) is 14.7. The molecule has 1 fully saturated rings. The Balaban J connectivity index is 1.55. The molecule has 3 aromatic rings. The second kappa shape index (κ2) is 5.96. The minimum atomic E-state index is -0.158. The summed E-state index contributed by atoms with van der Waals surface area (Å²) >= 11 is 0. The smallest absolute Gasteiger partial charge is 0.252 e. The Morgan fingerprint density at radius 3 is 2.96 bits per heavy atom. The number of hydrogen-bond donors (Lipinski definition) is 2. The highest BCUT2D eigenvalue weighted by atomic mass is 16.5. The first-order valence-corrected chi connectivity index (χ1v) is 8.01. The molecule has 1 aliphatic carbocycles. The SMILES string of the molecule is COc1cc(C(=O)NCc2cc(C3CC3)n[nH]2)c2ccccc2n1. The summed E-state index contributed by atoms with van der Waals surface area (Å²) in [5.41, 5.74) is 3.30. The van der Waals surface area contributed by atoms with Gasteiger partial charge >= 0.3 is 0 Å². The predicted octanol–water partition coefficient (Wildman–Crippen LogP) is 2.77. The molecule has 2 N–H and O–H groups in total. The van der Waals surface area contributed by atoms with Crippen molar-refractivity contribution < 1.29 is 9.53 Å². The van der Waals surface area contributed by atoms with E-state index in [1.165, 1.54) is 12.8 Å². The van der Waals surface area contributed by atoms with Crippen molar-refractivity contribution in [2.45, 2.75) is 25.3 Å². The number of fused-ring (bicyclic) bond motifs is 1. The van der Waals surface area contributed by atoms with Crippen LogP contribution in [0, 0.1) is 0 Å². The summed E-state index contributed by atoms with van der Waals surface area (Å²) in [6.45, 7) is 0.414. The molecule has 0 bridgehead atoms. The molecule has 6 heteroatoms. The van der Waals surface area contributed by atoms with Crippen molar-refractivity contribution in [1.29, 1.82) is 0 Å². The van der Waals surface area contributed by atoms with Crippen LogP contribution in [0.1, 0.15) is 40.5 Å². The lowest BCUT2D eigenvalue weighted by molar-refractivity contribution is 0.0951. The summed E-state index contributed by atoms with van der Waals surface area (Å²) in [5.74, 6) is 0.866. The van der Waals surface area contributed by atoms with E-state index in [4.69, 9.17) is 4.74 Å². The van der Waals surface area contributed by atoms with Crippen LogP contribution in [0.3, 0.4) is 0 Å². The molecular formula is C18H18N4O2. The van der Waals surface area contributed by atoms with Crippen molar-refractivity contribution in [2.75, 3.05) is 7.11 Å². The van der Waals surface area contributed by atoms with Crippen molar-refractivity contribution in [1.82, 2.24) is 20.5 Å². The lowest BCUT2D eigenvalue weighted by Gasteiger charge is -2.09. The number of nitrogens with zero attached hydrogens (tertiary/aromatic N) is 2. The Hall–Kier alpha value is -2.89. The Labute approximate surface area is 139 Å². The van der Waals surface area contributed by atoms with Crippen LogP contribution in [0.4, 0.5) is 0 Å². The molecule has 4 rings (SSSR count). The summed E-state index contributed by atoms with van der Waals surface area (Å²) in [5, 5.41) is 11.0. The molecule has 6 nitrogen and oxygen atoms in total. The van der Waals surface area contributed by atoms with Crippen LogP contribution in [0.2, 0.25) is 0 Å². The summed E-state index contributed by atoms with van der Waals surface area (Å²) < 4.78 is 5.21. The number of methoxy groups -OCH3 is 1. The third-order valence-electron chi connectivity index (χ3n) is 4.23. The van der Waals surface area contributed by atoms with Gasteiger partial charge in [0.15, 0.2) is 0 Å². The van der Waals surface area contributed by atoms with Gasteiger partial charge in [0, 0.05) is 17.4 Å². The van der Waals surface area contributed by atoms with Crippen molar-refractivity contribution in [3.05, 3.63) is 53.3 Å². The predicted molar refractivity (Wildman–Crippen MR) is 90.0 cm³/mol. The maximum absolute atomic E-state index is 12.6. The first-order valence-electron chi connectivity index (χ1n) is 8.01. The van der Waals surface area contributed by atoms with Crippen LogP contribution in [0.25, 0.3) is 10.9 Å². The summed E-state index contributed by atoms with van der Waals surface area (Å²) in [7, 11) is 1.54. The second-order valence-electron chi connectivity index (χ2n) is 6.00. The molecule has 0 atom stereocenters. The van der Waals surface area contributed by atoms with E-state index in [2.05, 4.69) is 20.5 Å². The molecule has 0 spiro atoms. The minimum Gasteiger partial charge on any atom is -0.481 e. The highest BCUT2D eigenvalue weighted by molar-refractivity contribution is 6.06. The molecule has 2 aromatic heterocycles. The number of aromatic nitrogens is 3. The molecule has 0 radical (unpaired) electrons. The van der Waals surface area contributed by atoms with Crippen molar-refractivity contribution in [3.8, 4) is 5.88 Å². The molecule has 1 saturated carbocycles. The molecule has 2 heterocycles. The minimum absolute atomic E-state index is 0.158. The van der Waals surface area contributed by atoms with Crippen molar-refractivity contribution in [3.63, 3.8) is 0 Å². The Morgan fingerprint density at radius 2 is 2.17 bits per heavy atom. The van der Waals surface area contributed by atoms with Crippen molar-refractivity contribution >= 4 is 16.8 Å². The zero-order valence-corrected chi connectivity index (χ0v) is 13.4. The number of rotatable bonds is 5. The van der Waals surface area contributed by atoms with Gasteiger partial charge in [-0.25, -0.2) is 4.98 Å². The molecule has 1 aliphatic rings. The highest BCUT2D eigenvalue weighted by Crippen LogP contribution is 2.38. The van der Waals surface area contributed by atoms with Gasteiger partial charge in [-0.15, -0.1) is 0 Å². The molecule has 0 aliphatic heterocycles. The number of nitrogens with one attached hydrogen (secondary N) is 2. The maximum Gasteiger partial charge on any atom is 0.252 e. The van der Waals surface area contributed by atoms with Gasteiger partial charge in [0.1, 0.15) is 0 Å². The maximum atomic E-state index is 12.6. The summed E-state index contributed by atoms with van der Waals surface area (Å²) in [4.78, 5) is 17.0. The topological polar surface area (TPSA) is 79.9 Å². The van der Waals surface area contributed by atoms with E-state index in [1.54, 1.807) is 13.2 Å². The van der Waals surface area contributed by atoms with Gasteiger partial charge in [-0.2, -0.15) is 5.10 Å². The summed E-state index contributed by atoms with van der Waals surface area (Å²) in [6.07, 6.45) is 2.42. The van der Waals surface area contributed by atoms with Crippen LogP contribution in [-0.4, -0.2) is 28.2 Å². The number of pyridine rings is 1. The van der Waals surface area contributed by atoms with Gasteiger partial charge in [0.05, 0.1) is 36.1 Å². The van der Waals surface area contributed by atoms with E-state index in [1.807, 2.05) is 30.3 Å². The van der Waals surface area contributed by atoms with Gasteiger partial charge in [0.25, 0.3) is 5.91 Å². The Kier molecular flexibility index (Phi) is 3.65. The van der Waals surface area contributed by atoms with Crippen molar-refractivity contribution in [2.24, 2.45) is 0 Å². The van der Waals surface area contributed by atoms with Crippen LogP contribution in [0.15, 0.2) is 36.4 Å². The largest absolute Gasteiger partial charge is 0.481 e. The van der Waals surface area contributed by atoms with E-state index in [0.29, 0.717) is 23.9 Å². The number of benzene rings is 1. The van der Waals surface area contributed by atoms with Gasteiger partial charge in [-0.1, -0.05) is 18.2 Å². The molecule has 122 valence electrons. The molecule has 1 aromatic carbocycles. The zero-order valence-electron chi connectivity index (χ0n) is 13.4. The highest BCUT2D eigenvalue weighted by Gasteiger charge is 2.26. The van der Waals surface area contributed by atoms with Gasteiger partial charge in [-0.05, 0) is 25.0 Å². The standard InChI is InChI=1S/C18H18N4O2/c1-24-17-9-14(13-4-2-3-5-15(13)20-17)18(23)19-10-12-8-16(22-21-12)11-6-7-11/h2-5,8-9,11H,6-7,10H2,1H3,(H,19,23)(H,21,22). The molecular weight excluding hydrogens is 304 g/mol. The Bertz CT molecular complexity index is 899. The number of hydrogen-bond acceptors (Lipinski definition) is 4. The third-order valence-corrected chi connectivity index (χ3v) is 4.23. The van der Waals surface area contributed by atoms with E-state index in [0.717, 1.165) is 22.3 Å². The molecule has 1 amide bonds. The third kappa shape index (κ3) is 2.82. The fraction of sp³-hybridized carbons (Fsp3) is 0.278. The van der Waals surface area contributed by atoms with Gasteiger partial charge in [-0.3, -0.25) is 9.89 Å². The lowest BCUT2D eigenvalue weighted by Crippen LogP contribution is -2.23. The first-order chi connectivity index (χ1) is 11.7. The van der Waals surface area contributed by atoms with Crippen LogP contribution in [-0.2, 0) is 6.54 Å². The number of carbonyl (C=O) groups is 1. The molecule has 0 saturated heterocycles. The molecule has 24 heavy (non-hydrogen) atoms. The van der Waals surface area contributed by atoms with Crippen LogP contribution >= 0.6 is 0 Å². The normalized spacial score (nSPS) is 13.9.